The predicted molar refractivity (Wildman–Crippen MR) is 109 cm³/mol. The van der Waals surface area contributed by atoms with Crippen molar-refractivity contribution in [3.8, 4) is 5.75 Å². The lowest BCUT2D eigenvalue weighted by atomic mass is 9.88. The molecule has 0 fully saturated rings. The Hall–Kier alpha value is -3.06. The summed E-state index contributed by atoms with van der Waals surface area (Å²) in [6.07, 6.45) is 3.76. The van der Waals surface area contributed by atoms with Gasteiger partial charge in [-0.05, 0) is 30.7 Å². The highest BCUT2D eigenvalue weighted by Gasteiger charge is 2.26. The molecule has 29 heavy (non-hydrogen) atoms. The average molecular weight is 416 g/mol. The van der Waals surface area contributed by atoms with Gasteiger partial charge in [0.2, 0.25) is 0 Å². The van der Waals surface area contributed by atoms with Crippen LogP contribution in [0.15, 0.2) is 47.7 Å². The quantitative estimate of drug-likeness (QED) is 0.577. The van der Waals surface area contributed by atoms with Crippen molar-refractivity contribution >= 4 is 17.6 Å². The molecule has 1 aromatic carbocycles. The van der Waals surface area contributed by atoms with Crippen molar-refractivity contribution in [3.05, 3.63) is 80.7 Å². The summed E-state index contributed by atoms with van der Waals surface area (Å²) in [5.41, 5.74) is 1.97. The maximum Gasteiger partial charge on any atom is 0.306 e. The van der Waals surface area contributed by atoms with Crippen molar-refractivity contribution in [1.29, 1.82) is 0 Å². The first-order valence-electron chi connectivity index (χ1n) is 9.13. The zero-order valence-corrected chi connectivity index (χ0v) is 16.9. The van der Waals surface area contributed by atoms with E-state index in [4.69, 9.17) is 16.3 Å². The van der Waals surface area contributed by atoms with Crippen LogP contribution in [0.25, 0.3) is 0 Å². The van der Waals surface area contributed by atoms with Gasteiger partial charge in [0.25, 0.3) is 5.56 Å². The third-order valence-corrected chi connectivity index (χ3v) is 5.12. The van der Waals surface area contributed by atoms with Gasteiger partial charge in [-0.2, -0.15) is 0 Å². The Balaban J connectivity index is 2.07. The van der Waals surface area contributed by atoms with E-state index in [1.165, 1.54) is 7.11 Å². The van der Waals surface area contributed by atoms with Crippen molar-refractivity contribution in [1.82, 2.24) is 14.5 Å². The molecule has 2 N–H and O–H groups in total. The van der Waals surface area contributed by atoms with Crippen LogP contribution in [-0.2, 0) is 22.5 Å². The molecule has 152 valence electrons. The fourth-order valence-corrected chi connectivity index (χ4v) is 3.59. The molecule has 0 radical (unpaired) electrons. The Morgan fingerprint density at radius 2 is 2.17 bits per heavy atom. The molecule has 0 saturated carbocycles. The number of hydrogen-bond donors (Lipinski definition) is 2. The molecule has 2 aromatic heterocycles. The number of methoxy groups -OCH3 is 1. The normalized spacial score (nSPS) is 12.0. The minimum Gasteiger partial charge on any atom is -0.507 e. The lowest BCUT2D eigenvalue weighted by molar-refractivity contribution is -0.140. The zero-order chi connectivity index (χ0) is 21.0. The first-order chi connectivity index (χ1) is 13.9. The fourth-order valence-electron chi connectivity index (χ4n) is 3.39. The van der Waals surface area contributed by atoms with Gasteiger partial charge < -0.3 is 19.4 Å². The highest BCUT2D eigenvalue weighted by molar-refractivity contribution is 6.30. The van der Waals surface area contributed by atoms with E-state index < -0.39 is 11.9 Å². The molecular weight excluding hydrogens is 394 g/mol. The monoisotopic (exact) mass is 415 g/mol. The number of benzene rings is 1. The SMILES string of the molecule is COC(=O)CC(c1cccc(Cl)c1)c1c(O)cc(C)n(CCc2cnc[nH]2)c1=O. The van der Waals surface area contributed by atoms with Crippen LogP contribution in [0.5, 0.6) is 5.75 Å². The van der Waals surface area contributed by atoms with E-state index in [-0.39, 0.29) is 23.3 Å². The number of pyridine rings is 1. The van der Waals surface area contributed by atoms with E-state index in [1.54, 1.807) is 54.3 Å². The van der Waals surface area contributed by atoms with Crippen LogP contribution in [0, 0.1) is 6.92 Å². The number of aromatic amines is 1. The Morgan fingerprint density at radius 1 is 1.38 bits per heavy atom. The molecule has 0 aliphatic rings. The summed E-state index contributed by atoms with van der Waals surface area (Å²) in [6.45, 7) is 2.16. The maximum absolute atomic E-state index is 13.3. The molecule has 3 aromatic rings. The number of nitrogens with zero attached hydrogens (tertiary/aromatic N) is 2. The largest absolute Gasteiger partial charge is 0.507 e. The number of rotatable bonds is 7. The molecule has 0 saturated heterocycles. The number of hydrogen-bond acceptors (Lipinski definition) is 5. The summed E-state index contributed by atoms with van der Waals surface area (Å²) in [5.74, 6) is -1.33. The van der Waals surface area contributed by atoms with Crippen molar-refractivity contribution in [3.63, 3.8) is 0 Å². The summed E-state index contributed by atoms with van der Waals surface area (Å²) >= 11 is 6.12. The summed E-state index contributed by atoms with van der Waals surface area (Å²) in [5, 5.41) is 11.1. The topological polar surface area (TPSA) is 97.2 Å². The molecule has 2 heterocycles. The van der Waals surface area contributed by atoms with Gasteiger partial charge in [0.1, 0.15) is 5.75 Å². The van der Waals surface area contributed by atoms with Crippen LogP contribution in [0.2, 0.25) is 5.02 Å². The third kappa shape index (κ3) is 4.68. The van der Waals surface area contributed by atoms with Gasteiger partial charge in [0.05, 0.1) is 25.4 Å². The molecule has 7 nitrogen and oxygen atoms in total. The minimum atomic E-state index is -0.687. The summed E-state index contributed by atoms with van der Waals surface area (Å²) in [4.78, 5) is 32.4. The fraction of sp³-hybridized carbons (Fsp3) is 0.286. The second kappa shape index (κ2) is 8.96. The number of aromatic hydroxyl groups is 1. The number of nitrogens with one attached hydrogen (secondary N) is 1. The molecule has 0 aliphatic heterocycles. The molecule has 0 amide bonds. The molecule has 0 aliphatic carbocycles. The van der Waals surface area contributed by atoms with Crippen LogP contribution < -0.4 is 5.56 Å². The van der Waals surface area contributed by atoms with Gasteiger partial charge in [0.15, 0.2) is 0 Å². The number of H-pyrrole nitrogens is 1. The maximum atomic E-state index is 13.3. The van der Waals surface area contributed by atoms with Gasteiger partial charge in [-0.1, -0.05) is 23.7 Å². The van der Waals surface area contributed by atoms with Gasteiger partial charge >= 0.3 is 5.97 Å². The first-order valence-corrected chi connectivity index (χ1v) is 9.51. The number of halogens is 1. The van der Waals surface area contributed by atoms with Crippen molar-refractivity contribution < 1.29 is 14.6 Å². The molecular formula is C21H22ClN3O4. The van der Waals surface area contributed by atoms with E-state index in [2.05, 4.69) is 9.97 Å². The van der Waals surface area contributed by atoms with Crippen molar-refractivity contribution in [2.24, 2.45) is 0 Å². The number of imidazole rings is 1. The van der Waals surface area contributed by atoms with Gasteiger partial charge in [-0.15, -0.1) is 0 Å². The highest BCUT2D eigenvalue weighted by Crippen LogP contribution is 2.33. The molecule has 8 heteroatoms. The molecule has 0 spiro atoms. The molecule has 1 unspecified atom stereocenters. The van der Waals surface area contributed by atoms with Gasteiger partial charge in [0, 0.05) is 41.5 Å². The molecule has 1 atom stereocenters. The number of aryl methyl sites for hydroxylation is 2. The number of ether oxygens (including phenoxy) is 1. The van der Waals surface area contributed by atoms with E-state index in [1.807, 2.05) is 0 Å². The van der Waals surface area contributed by atoms with Gasteiger partial charge in [-0.3, -0.25) is 9.59 Å². The smallest absolute Gasteiger partial charge is 0.306 e. The number of esters is 1. The van der Waals surface area contributed by atoms with E-state index >= 15 is 0 Å². The second-order valence-corrected chi connectivity index (χ2v) is 7.19. The minimum absolute atomic E-state index is 0.0940. The lowest BCUT2D eigenvalue weighted by Gasteiger charge is -2.20. The van der Waals surface area contributed by atoms with E-state index in [9.17, 15) is 14.7 Å². The Bertz CT molecular complexity index is 1060. The first kappa shape index (κ1) is 20.7. The second-order valence-electron chi connectivity index (χ2n) is 6.76. The summed E-state index contributed by atoms with van der Waals surface area (Å²) in [7, 11) is 1.29. The predicted octanol–water partition coefficient (Wildman–Crippen LogP) is 3.18. The number of aromatic nitrogens is 3. The lowest BCUT2D eigenvalue weighted by Crippen LogP contribution is -2.29. The Kier molecular flexibility index (Phi) is 6.39. The van der Waals surface area contributed by atoms with Crippen molar-refractivity contribution in [2.45, 2.75) is 32.2 Å². The van der Waals surface area contributed by atoms with Crippen LogP contribution >= 0.6 is 11.6 Å². The van der Waals surface area contributed by atoms with Crippen LogP contribution in [0.3, 0.4) is 0 Å². The van der Waals surface area contributed by atoms with Crippen LogP contribution in [0.4, 0.5) is 0 Å². The zero-order valence-electron chi connectivity index (χ0n) is 16.2. The summed E-state index contributed by atoms with van der Waals surface area (Å²) < 4.78 is 6.40. The Morgan fingerprint density at radius 3 is 2.83 bits per heavy atom. The average Bonchev–Trinajstić information content (AvgIpc) is 3.20. The Labute approximate surface area is 172 Å². The van der Waals surface area contributed by atoms with E-state index in [0.29, 0.717) is 29.2 Å². The standard InChI is InChI=1S/C21H22ClN3O4/c1-13-8-18(26)20(21(28)25(13)7-6-16-11-23-12-24-16)17(10-19(27)29-2)14-4-3-5-15(22)9-14/h3-5,8-9,11-12,17,26H,6-7,10H2,1-2H3,(H,23,24). The number of carbonyl (C=O) groups excluding carboxylic acids is 1. The summed E-state index contributed by atoms with van der Waals surface area (Å²) in [6, 6.07) is 8.44. The molecule has 3 rings (SSSR count). The van der Waals surface area contributed by atoms with E-state index in [0.717, 1.165) is 5.69 Å². The molecule has 0 bridgehead atoms. The van der Waals surface area contributed by atoms with Gasteiger partial charge in [-0.25, -0.2) is 4.98 Å². The van der Waals surface area contributed by atoms with Crippen molar-refractivity contribution in [2.75, 3.05) is 7.11 Å². The van der Waals surface area contributed by atoms with Crippen LogP contribution in [0.1, 0.15) is 34.9 Å². The van der Waals surface area contributed by atoms with Crippen LogP contribution in [-0.4, -0.2) is 32.7 Å². The highest BCUT2D eigenvalue weighted by atomic mass is 35.5. The third-order valence-electron chi connectivity index (χ3n) is 4.88. The number of carbonyl (C=O) groups is 1.